The zero-order chi connectivity index (χ0) is 7.90. The van der Waals surface area contributed by atoms with Gasteiger partial charge in [-0.05, 0) is 19.3 Å². The fourth-order valence-corrected chi connectivity index (χ4v) is 2.31. The van der Waals surface area contributed by atoms with Crippen molar-refractivity contribution in [3.05, 3.63) is 0 Å². The molecular formula is C8H14N2O. The van der Waals surface area contributed by atoms with Crippen LogP contribution in [0.3, 0.4) is 0 Å². The predicted octanol–water partition coefficient (Wildman–Crippen LogP) is 0.146. The highest BCUT2D eigenvalue weighted by molar-refractivity contribution is 5.81. The van der Waals surface area contributed by atoms with Crippen molar-refractivity contribution in [2.45, 2.75) is 43.7 Å². The zero-order valence-electron chi connectivity index (χ0n) is 6.60. The van der Waals surface area contributed by atoms with Gasteiger partial charge >= 0.3 is 0 Å². The number of carbonyl (C=O) groups excluding carboxylic acids is 1. The molecule has 3 N–H and O–H groups in total. The second-order valence-electron chi connectivity index (χ2n) is 3.79. The van der Waals surface area contributed by atoms with Gasteiger partial charge in [0.2, 0.25) is 5.91 Å². The van der Waals surface area contributed by atoms with E-state index >= 15 is 0 Å². The Bertz CT molecular complexity index is 177. The Kier molecular flexibility index (Phi) is 1.42. The third kappa shape index (κ3) is 1.03. The van der Waals surface area contributed by atoms with E-state index in [1.165, 1.54) is 25.7 Å². The van der Waals surface area contributed by atoms with Crippen molar-refractivity contribution in [1.82, 2.24) is 5.32 Å². The zero-order valence-corrected chi connectivity index (χ0v) is 6.60. The van der Waals surface area contributed by atoms with Crippen LogP contribution in [0.15, 0.2) is 0 Å². The Morgan fingerprint density at radius 3 is 2.45 bits per heavy atom. The Morgan fingerprint density at radius 1 is 1.45 bits per heavy atom. The number of primary amides is 1. The van der Waals surface area contributed by atoms with Gasteiger partial charge in [-0.1, -0.05) is 12.8 Å². The van der Waals surface area contributed by atoms with E-state index in [2.05, 4.69) is 5.32 Å². The lowest BCUT2D eigenvalue weighted by molar-refractivity contribution is -0.124. The molecule has 3 heteroatoms. The Labute approximate surface area is 66.3 Å². The third-order valence-corrected chi connectivity index (χ3v) is 2.98. The number of hydrogen-bond donors (Lipinski definition) is 2. The van der Waals surface area contributed by atoms with Gasteiger partial charge in [0.15, 0.2) is 0 Å². The molecule has 1 saturated carbocycles. The lowest BCUT2D eigenvalue weighted by atomic mass is 9.80. The fourth-order valence-electron chi connectivity index (χ4n) is 2.31. The maximum Gasteiger partial charge on any atom is 0.234 e. The minimum Gasteiger partial charge on any atom is -0.368 e. The molecule has 2 fully saturated rings. The Balaban J connectivity index is 1.91. The maximum absolute atomic E-state index is 10.7. The van der Waals surface area contributed by atoms with Crippen molar-refractivity contribution >= 4 is 5.91 Å². The average molecular weight is 154 g/mol. The van der Waals surface area contributed by atoms with E-state index in [-0.39, 0.29) is 11.9 Å². The molecule has 1 unspecified atom stereocenters. The first-order valence-corrected chi connectivity index (χ1v) is 4.29. The van der Waals surface area contributed by atoms with Crippen molar-refractivity contribution < 1.29 is 4.79 Å². The van der Waals surface area contributed by atoms with Crippen LogP contribution in [0.25, 0.3) is 0 Å². The lowest BCUT2D eigenvalue weighted by Crippen LogP contribution is -2.66. The number of carbonyl (C=O) groups is 1. The molecule has 1 atom stereocenters. The van der Waals surface area contributed by atoms with Crippen molar-refractivity contribution in [2.75, 3.05) is 0 Å². The molecule has 0 aromatic rings. The van der Waals surface area contributed by atoms with Crippen molar-refractivity contribution in [1.29, 1.82) is 0 Å². The second-order valence-corrected chi connectivity index (χ2v) is 3.79. The summed E-state index contributed by atoms with van der Waals surface area (Å²) in [6.45, 7) is 0. The fraction of sp³-hybridized carbons (Fsp3) is 0.875. The number of hydrogen-bond acceptors (Lipinski definition) is 2. The molecular weight excluding hydrogens is 140 g/mol. The third-order valence-electron chi connectivity index (χ3n) is 2.98. The normalized spacial score (nSPS) is 33.6. The number of nitrogens with two attached hydrogens (primary N) is 1. The molecule has 3 nitrogen and oxygen atoms in total. The van der Waals surface area contributed by atoms with Gasteiger partial charge in [-0.15, -0.1) is 0 Å². The molecule has 0 aromatic carbocycles. The quantitative estimate of drug-likeness (QED) is 0.564. The van der Waals surface area contributed by atoms with Gasteiger partial charge in [0, 0.05) is 5.54 Å². The summed E-state index contributed by atoms with van der Waals surface area (Å²) in [5, 5.41) is 3.28. The number of nitrogens with one attached hydrogen (secondary N) is 1. The molecule has 1 amide bonds. The van der Waals surface area contributed by atoms with Crippen LogP contribution in [0.1, 0.15) is 32.1 Å². The first kappa shape index (κ1) is 7.10. The van der Waals surface area contributed by atoms with Gasteiger partial charge in [-0.3, -0.25) is 4.79 Å². The molecule has 1 aliphatic heterocycles. The van der Waals surface area contributed by atoms with Crippen LogP contribution in [-0.2, 0) is 4.79 Å². The summed E-state index contributed by atoms with van der Waals surface area (Å²) in [4.78, 5) is 10.7. The molecule has 0 bridgehead atoms. The maximum atomic E-state index is 10.7. The van der Waals surface area contributed by atoms with Gasteiger partial charge < -0.3 is 11.1 Å². The summed E-state index contributed by atoms with van der Waals surface area (Å²) in [6, 6.07) is -0.0342. The Hall–Kier alpha value is -0.570. The van der Waals surface area contributed by atoms with Crippen molar-refractivity contribution in [3.63, 3.8) is 0 Å². The highest BCUT2D eigenvalue weighted by Gasteiger charge is 2.47. The Morgan fingerprint density at radius 2 is 2.00 bits per heavy atom. The first-order chi connectivity index (χ1) is 5.22. The van der Waals surface area contributed by atoms with E-state index in [9.17, 15) is 4.79 Å². The van der Waals surface area contributed by atoms with Crippen molar-refractivity contribution in [2.24, 2.45) is 5.73 Å². The van der Waals surface area contributed by atoms with Crippen LogP contribution in [0.2, 0.25) is 0 Å². The number of rotatable bonds is 1. The SMILES string of the molecule is NC(=O)C1CC2(CCCC2)N1. The highest BCUT2D eigenvalue weighted by Crippen LogP contribution is 2.39. The van der Waals surface area contributed by atoms with Crippen LogP contribution >= 0.6 is 0 Å². The second kappa shape index (κ2) is 2.21. The van der Waals surface area contributed by atoms with Gasteiger partial charge in [0.1, 0.15) is 0 Å². The summed E-state index contributed by atoms with van der Waals surface area (Å²) in [5.74, 6) is -0.192. The monoisotopic (exact) mass is 154 g/mol. The van der Waals surface area contributed by atoms with Crippen LogP contribution < -0.4 is 11.1 Å². The molecule has 2 rings (SSSR count). The lowest BCUT2D eigenvalue weighted by Gasteiger charge is -2.45. The topological polar surface area (TPSA) is 55.1 Å². The molecule has 2 aliphatic rings. The highest BCUT2D eigenvalue weighted by atomic mass is 16.1. The van der Waals surface area contributed by atoms with Gasteiger partial charge in [-0.25, -0.2) is 0 Å². The van der Waals surface area contributed by atoms with E-state index in [0.717, 1.165) is 6.42 Å². The predicted molar refractivity (Wildman–Crippen MR) is 41.9 cm³/mol. The van der Waals surface area contributed by atoms with Gasteiger partial charge in [0.25, 0.3) is 0 Å². The molecule has 11 heavy (non-hydrogen) atoms. The van der Waals surface area contributed by atoms with E-state index in [4.69, 9.17) is 5.73 Å². The summed E-state index contributed by atoms with van der Waals surface area (Å²) in [6.07, 6.45) is 6.05. The van der Waals surface area contributed by atoms with Gasteiger partial charge in [-0.2, -0.15) is 0 Å². The molecule has 0 aromatic heterocycles. The molecule has 1 spiro atoms. The van der Waals surface area contributed by atoms with E-state index in [1.54, 1.807) is 0 Å². The van der Waals surface area contributed by atoms with Crippen LogP contribution in [0.4, 0.5) is 0 Å². The minimum absolute atomic E-state index is 0.0342. The van der Waals surface area contributed by atoms with Crippen LogP contribution in [-0.4, -0.2) is 17.5 Å². The molecule has 62 valence electrons. The van der Waals surface area contributed by atoms with Gasteiger partial charge in [0.05, 0.1) is 6.04 Å². The molecule has 1 saturated heterocycles. The average Bonchev–Trinajstić information content (AvgIpc) is 2.29. The first-order valence-electron chi connectivity index (χ1n) is 4.29. The van der Waals surface area contributed by atoms with E-state index < -0.39 is 0 Å². The molecule has 1 aliphatic carbocycles. The smallest absolute Gasteiger partial charge is 0.234 e. The summed E-state index contributed by atoms with van der Waals surface area (Å²) >= 11 is 0. The number of amides is 1. The largest absolute Gasteiger partial charge is 0.368 e. The molecule has 0 radical (unpaired) electrons. The standard InChI is InChI=1S/C8H14N2O/c9-7(11)6-5-8(10-6)3-1-2-4-8/h6,10H,1-5H2,(H2,9,11). The molecule has 1 heterocycles. The van der Waals surface area contributed by atoms with Crippen LogP contribution in [0.5, 0.6) is 0 Å². The van der Waals surface area contributed by atoms with E-state index in [1.807, 2.05) is 0 Å². The minimum atomic E-state index is -0.192. The van der Waals surface area contributed by atoms with Crippen LogP contribution in [0, 0.1) is 0 Å². The van der Waals surface area contributed by atoms with Crippen molar-refractivity contribution in [3.8, 4) is 0 Å². The summed E-state index contributed by atoms with van der Waals surface area (Å²) in [7, 11) is 0. The summed E-state index contributed by atoms with van der Waals surface area (Å²) < 4.78 is 0. The van der Waals surface area contributed by atoms with E-state index in [0.29, 0.717) is 5.54 Å². The summed E-state index contributed by atoms with van der Waals surface area (Å²) in [5.41, 5.74) is 5.47.